The van der Waals surface area contributed by atoms with Crippen LogP contribution in [-0.4, -0.2) is 18.8 Å². The predicted octanol–water partition coefficient (Wildman–Crippen LogP) is 2.63. The Balaban J connectivity index is 1.62. The number of nitrogens with two attached hydrogens (primary N) is 1. The second-order valence-electron chi connectivity index (χ2n) is 5.93. The van der Waals surface area contributed by atoms with Crippen LogP contribution in [0.15, 0.2) is 24.3 Å². The van der Waals surface area contributed by atoms with Gasteiger partial charge in [-0.2, -0.15) is 0 Å². The second-order valence-corrected chi connectivity index (χ2v) is 5.93. The van der Waals surface area contributed by atoms with Gasteiger partial charge in [0, 0.05) is 0 Å². The molecule has 0 saturated heterocycles. The molecule has 20 heavy (non-hydrogen) atoms. The highest BCUT2D eigenvalue weighted by Gasteiger charge is 2.30. The van der Waals surface area contributed by atoms with Crippen LogP contribution >= 0.6 is 0 Å². The van der Waals surface area contributed by atoms with E-state index in [1.807, 2.05) is 24.3 Å². The van der Waals surface area contributed by atoms with Crippen LogP contribution in [0.3, 0.4) is 0 Å². The van der Waals surface area contributed by atoms with E-state index in [1.165, 1.54) is 32.1 Å². The fraction of sp³-hybridized carbons (Fsp3) is 0.625. The minimum absolute atomic E-state index is 0.00294. The fourth-order valence-corrected chi connectivity index (χ4v) is 3.34. The topological polar surface area (TPSA) is 56.5 Å². The molecule has 0 bridgehead atoms. The first-order chi connectivity index (χ1) is 9.86. The van der Waals surface area contributed by atoms with Gasteiger partial charge >= 0.3 is 0 Å². The van der Waals surface area contributed by atoms with E-state index in [4.69, 9.17) is 15.3 Å². The molecular weight excluding hydrogens is 252 g/mol. The van der Waals surface area contributed by atoms with E-state index in [0.717, 1.165) is 23.8 Å². The predicted molar refractivity (Wildman–Crippen MR) is 78.7 cm³/mol. The Bertz CT molecular complexity index is 432. The van der Waals surface area contributed by atoms with Crippen LogP contribution in [0, 0.1) is 5.92 Å². The van der Waals surface area contributed by atoms with Gasteiger partial charge in [0.1, 0.15) is 12.7 Å². The molecule has 0 amide bonds. The molecule has 2 unspecified atom stereocenters. The van der Waals surface area contributed by atoms with E-state index in [1.54, 1.807) is 0 Å². The summed E-state index contributed by atoms with van der Waals surface area (Å²) in [5, 5.41) is 0. The molecule has 4 nitrogen and oxygen atoms in total. The number of hydrazine groups is 1. The summed E-state index contributed by atoms with van der Waals surface area (Å²) in [6.45, 7) is 0.568. The van der Waals surface area contributed by atoms with Gasteiger partial charge in [0.05, 0.1) is 6.04 Å². The van der Waals surface area contributed by atoms with E-state index in [2.05, 4.69) is 5.43 Å². The minimum Gasteiger partial charge on any atom is -0.486 e. The maximum atomic E-state index is 6.06. The van der Waals surface area contributed by atoms with E-state index in [-0.39, 0.29) is 12.1 Å². The molecule has 0 radical (unpaired) electrons. The molecule has 2 aliphatic rings. The molecule has 4 heteroatoms. The average Bonchev–Trinajstić information content (AvgIpc) is 2.53. The SMILES string of the molecule is NNC(CC1CCCCC1)C1COc2ccccc2O1. The highest BCUT2D eigenvalue weighted by Crippen LogP contribution is 2.33. The molecule has 2 atom stereocenters. The lowest BCUT2D eigenvalue weighted by atomic mass is 9.84. The number of fused-ring (bicyclic) bond motifs is 1. The standard InChI is InChI=1S/C16H24N2O2/c17-18-13(10-12-6-2-1-3-7-12)16-11-19-14-8-4-5-9-15(14)20-16/h4-5,8-9,12-13,16,18H,1-3,6-7,10-11,17H2. The van der Waals surface area contributed by atoms with E-state index in [9.17, 15) is 0 Å². The highest BCUT2D eigenvalue weighted by atomic mass is 16.6. The lowest BCUT2D eigenvalue weighted by molar-refractivity contribution is 0.0523. The first-order valence-electron chi connectivity index (χ1n) is 7.71. The molecule has 1 aliphatic heterocycles. The van der Waals surface area contributed by atoms with Gasteiger partial charge in [0.25, 0.3) is 0 Å². The molecule has 3 rings (SSSR count). The highest BCUT2D eigenvalue weighted by molar-refractivity contribution is 5.40. The largest absolute Gasteiger partial charge is 0.486 e. The Kier molecular flexibility index (Phi) is 4.43. The smallest absolute Gasteiger partial charge is 0.161 e. The summed E-state index contributed by atoms with van der Waals surface area (Å²) in [6.07, 6.45) is 7.81. The molecule has 1 aliphatic carbocycles. The molecule has 1 heterocycles. The Labute approximate surface area is 120 Å². The van der Waals surface area contributed by atoms with Crippen LogP contribution in [0.1, 0.15) is 38.5 Å². The van der Waals surface area contributed by atoms with Crippen molar-refractivity contribution in [1.29, 1.82) is 0 Å². The van der Waals surface area contributed by atoms with Crippen molar-refractivity contribution >= 4 is 0 Å². The summed E-state index contributed by atoms with van der Waals surface area (Å²) in [6, 6.07) is 7.99. The zero-order valence-corrected chi connectivity index (χ0v) is 11.9. The normalized spacial score (nSPS) is 24.4. The van der Waals surface area contributed by atoms with E-state index < -0.39 is 0 Å². The third-order valence-electron chi connectivity index (χ3n) is 4.51. The number of nitrogens with one attached hydrogen (secondary N) is 1. The molecule has 3 N–H and O–H groups in total. The number of ether oxygens (including phenoxy) is 2. The third kappa shape index (κ3) is 3.07. The van der Waals surface area contributed by atoms with Crippen molar-refractivity contribution in [2.24, 2.45) is 11.8 Å². The van der Waals surface area contributed by atoms with Crippen molar-refractivity contribution in [1.82, 2.24) is 5.43 Å². The Morgan fingerprint density at radius 1 is 1.15 bits per heavy atom. The molecule has 1 aromatic carbocycles. The monoisotopic (exact) mass is 276 g/mol. The van der Waals surface area contributed by atoms with Gasteiger partial charge in [-0.3, -0.25) is 11.3 Å². The van der Waals surface area contributed by atoms with Crippen molar-refractivity contribution in [3.63, 3.8) is 0 Å². The van der Waals surface area contributed by atoms with Crippen LogP contribution in [0.5, 0.6) is 11.5 Å². The van der Waals surface area contributed by atoms with Crippen LogP contribution in [-0.2, 0) is 0 Å². The minimum atomic E-state index is -0.00294. The summed E-state index contributed by atoms with van der Waals surface area (Å²) in [5.74, 6) is 8.18. The summed E-state index contributed by atoms with van der Waals surface area (Å²) in [4.78, 5) is 0. The first kappa shape index (κ1) is 13.7. The summed E-state index contributed by atoms with van der Waals surface area (Å²) >= 11 is 0. The lowest BCUT2D eigenvalue weighted by Gasteiger charge is -2.34. The van der Waals surface area contributed by atoms with E-state index >= 15 is 0 Å². The lowest BCUT2D eigenvalue weighted by Crippen LogP contribution is -2.51. The number of hydrogen-bond donors (Lipinski definition) is 2. The van der Waals surface area contributed by atoms with Gasteiger partial charge in [-0.25, -0.2) is 0 Å². The number of rotatable bonds is 4. The van der Waals surface area contributed by atoms with Gasteiger partial charge < -0.3 is 9.47 Å². The number of para-hydroxylation sites is 2. The number of benzene rings is 1. The quantitative estimate of drug-likeness (QED) is 0.655. The van der Waals surface area contributed by atoms with Crippen molar-refractivity contribution < 1.29 is 9.47 Å². The number of hydrogen-bond acceptors (Lipinski definition) is 4. The molecule has 0 spiro atoms. The van der Waals surface area contributed by atoms with Crippen LogP contribution in [0.4, 0.5) is 0 Å². The van der Waals surface area contributed by atoms with Gasteiger partial charge in [-0.05, 0) is 24.5 Å². The maximum Gasteiger partial charge on any atom is 0.161 e. The second kappa shape index (κ2) is 6.46. The van der Waals surface area contributed by atoms with Crippen molar-refractivity contribution in [2.45, 2.75) is 50.7 Å². The Morgan fingerprint density at radius 3 is 2.65 bits per heavy atom. The van der Waals surface area contributed by atoms with Crippen LogP contribution in [0.25, 0.3) is 0 Å². The zero-order chi connectivity index (χ0) is 13.8. The van der Waals surface area contributed by atoms with Gasteiger partial charge in [-0.1, -0.05) is 44.2 Å². The van der Waals surface area contributed by atoms with Crippen molar-refractivity contribution in [3.8, 4) is 11.5 Å². The van der Waals surface area contributed by atoms with Gasteiger partial charge in [0.15, 0.2) is 11.5 Å². The van der Waals surface area contributed by atoms with E-state index in [0.29, 0.717) is 6.61 Å². The van der Waals surface area contributed by atoms with Crippen LogP contribution in [0.2, 0.25) is 0 Å². The first-order valence-corrected chi connectivity index (χ1v) is 7.71. The third-order valence-corrected chi connectivity index (χ3v) is 4.51. The Hall–Kier alpha value is -1.26. The summed E-state index contributed by atoms with van der Waals surface area (Å²) in [5.41, 5.74) is 2.94. The Morgan fingerprint density at radius 2 is 1.90 bits per heavy atom. The summed E-state index contributed by atoms with van der Waals surface area (Å²) < 4.78 is 11.8. The zero-order valence-electron chi connectivity index (χ0n) is 11.9. The molecule has 110 valence electrons. The average molecular weight is 276 g/mol. The molecular formula is C16H24N2O2. The summed E-state index contributed by atoms with van der Waals surface area (Å²) in [7, 11) is 0. The molecule has 1 fully saturated rings. The van der Waals surface area contributed by atoms with Crippen molar-refractivity contribution in [3.05, 3.63) is 24.3 Å². The van der Waals surface area contributed by atoms with Gasteiger partial charge in [0.2, 0.25) is 0 Å². The van der Waals surface area contributed by atoms with Gasteiger partial charge in [-0.15, -0.1) is 0 Å². The van der Waals surface area contributed by atoms with Crippen molar-refractivity contribution in [2.75, 3.05) is 6.61 Å². The molecule has 0 aromatic heterocycles. The van der Waals surface area contributed by atoms with Crippen LogP contribution < -0.4 is 20.7 Å². The molecule has 1 saturated carbocycles. The fourth-order valence-electron chi connectivity index (χ4n) is 3.34. The molecule has 1 aromatic rings. The maximum absolute atomic E-state index is 6.06.